The van der Waals surface area contributed by atoms with Gasteiger partial charge in [-0.15, -0.1) is 0 Å². The van der Waals surface area contributed by atoms with E-state index in [1.54, 1.807) is 30.3 Å². The first kappa shape index (κ1) is 27.6. The number of pyridine rings is 1. The number of amides is 1. The maximum atomic E-state index is 13.7. The van der Waals surface area contributed by atoms with Crippen molar-refractivity contribution in [1.82, 2.24) is 10.3 Å². The molecule has 0 aliphatic heterocycles. The summed E-state index contributed by atoms with van der Waals surface area (Å²) < 4.78 is 41.8. The number of carboxylic acid groups (broad SMARTS) is 1. The van der Waals surface area contributed by atoms with Gasteiger partial charge in [0.15, 0.2) is 0 Å². The van der Waals surface area contributed by atoms with Gasteiger partial charge >= 0.3 is 12.1 Å². The summed E-state index contributed by atoms with van der Waals surface area (Å²) in [6, 6.07) is 19.2. The molecule has 0 saturated heterocycles. The average Bonchev–Trinajstić information content (AvgIpc) is 2.88. The number of carboxylic acids is 1. The molecular formula is C28H21BrClF3N2O3. The van der Waals surface area contributed by atoms with Crippen LogP contribution >= 0.6 is 27.5 Å². The van der Waals surface area contributed by atoms with E-state index in [1.807, 2.05) is 18.2 Å². The quantitative estimate of drug-likeness (QED) is 0.216. The van der Waals surface area contributed by atoms with E-state index < -0.39 is 29.5 Å². The smallest absolute Gasteiger partial charge is 0.416 e. The SMILES string of the molecule is O=C(O)CCC(CNC(=O)c1c(Cl)c(-c2ccccc2)nc2ccc(Br)cc12)c1ccccc1C(F)(F)F. The number of nitrogens with one attached hydrogen (secondary N) is 1. The van der Waals surface area contributed by atoms with E-state index in [0.29, 0.717) is 26.6 Å². The molecule has 38 heavy (non-hydrogen) atoms. The monoisotopic (exact) mass is 604 g/mol. The Morgan fingerprint density at radius 1 is 1.03 bits per heavy atom. The van der Waals surface area contributed by atoms with Crippen LogP contribution in [-0.2, 0) is 11.0 Å². The lowest BCUT2D eigenvalue weighted by Gasteiger charge is -2.22. The van der Waals surface area contributed by atoms with Crippen molar-refractivity contribution in [2.45, 2.75) is 24.9 Å². The molecule has 0 spiro atoms. The second kappa shape index (κ2) is 11.5. The van der Waals surface area contributed by atoms with Crippen LogP contribution < -0.4 is 5.32 Å². The van der Waals surface area contributed by atoms with Crippen molar-refractivity contribution in [1.29, 1.82) is 0 Å². The highest BCUT2D eigenvalue weighted by molar-refractivity contribution is 9.10. The van der Waals surface area contributed by atoms with Gasteiger partial charge in [-0.3, -0.25) is 9.59 Å². The summed E-state index contributed by atoms with van der Waals surface area (Å²) in [6.45, 7) is -0.228. The van der Waals surface area contributed by atoms with Gasteiger partial charge in [-0.1, -0.05) is 76.1 Å². The molecule has 1 amide bonds. The van der Waals surface area contributed by atoms with Gasteiger partial charge in [-0.25, -0.2) is 4.98 Å². The molecule has 2 N–H and O–H groups in total. The second-order valence-corrected chi connectivity index (χ2v) is 9.89. The van der Waals surface area contributed by atoms with Crippen molar-refractivity contribution in [3.8, 4) is 11.3 Å². The van der Waals surface area contributed by atoms with Gasteiger partial charge in [0, 0.05) is 34.3 Å². The zero-order chi connectivity index (χ0) is 27.4. The van der Waals surface area contributed by atoms with E-state index in [1.165, 1.54) is 18.2 Å². The van der Waals surface area contributed by atoms with Crippen molar-refractivity contribution >= 4 is 50.3 Å². The van der Waals surface area contributed by atoms with Crippen molar-refractivity contribution in [2.24, 2.45) is 0 Å². The molecule has 3 aromatic carbocycles. The maximum absolute atomic E-state index is 13.7. The van der Waals surface area contributed by atoms with Crippen LogP contribution in [0.5, 0.6) is 0 Å². The second-order valence-electron chi connectivity index (χ2n) is 8.60. The molecule has 10 heteroatoms. The van der Waals surface area contributed by atoms with Gasteiger partial charge < -0.3 is 10.4 Å². The predicted octanol–water partition coefficient (Wildman–Crippen LogP) is 7.71. The highest BCUT2D eigenvalue weighted by Gasteiger charge is 2.35. The lowest BCUT2D eigenvalue weighted by atomic mass is 9.89. The fourth-order valence-electron chi connectivity index (χ4n) is 4.30. The Morgan fingerprint density at radius 3 is 2.39 bits per heavy atom. The van der Waals surface area contributed by atoms with Crippen LogP contribution in [0.15, 0.2) is 77.3 Å². The first-order valence-corrected chi connectivity index (χ1v) is 12.7. The molecule has 1 atom stereocenters. The van der Waals surface area contributed by atoms with Crippen molar-refractivity contribution in [2.75, 3.05) is 6.54 Å². The normalized spacial score (nSPS) is 12.3. The van der Waals surface area contributed by atoms with Crippen LogP contribution in [0.2, 0.25) is 5.02 Å². The summed E-state index contributed by atoms with van der Waals surface area (Å²) in [4.78, 5) is 29.4. The highest BCUT2D eigenvalue weighted by atomic mass is 79.9. The Morgan fingerprint density at radius 2 is 1.71 bits per heavy atom. The topological polar surface area (TPSA) is 79.3 Å². The molecule has 0 radical (unpaired) electrons. The lowest BCUT2D eigenvalue weighted by molar-refractivity contribution is -0.138. The van der Waals surface area contributed by atoms with E-state index in [0.717, 1.165) is 6.07 Å². The first-order valence-electron chi connectivity index (χ1n) is 11.6. The summed E-state index contributed by atoms with van der Waals surface area (Å²) in [5.41, 5.74) is 0.753. The van der Waals surface area contributed by atoms with Gasteiger partial charge in [-0.05, 0) is 36.2 Å². The number of carbonyl (C=O) groups is 2. The zero-order valence-electron chi connectivity index (χ0n) is 19.7. The molecule has 0 aliphatic carbocycles. The molecule has 1 aromatic heterocycles. The van der Waals surface area contributed by atoms with Crippen LogP contribution in [0.3, 0.4) is 0 Å². The van der Waals surface area contributed by atoms with Crippen molar-refractivity contribution in [3.63, 3.8) is 0 Å². The number of nitrogens with zero attached hydrogens (tertiary/aromatic N) is 1. The summed E-state index contributed by atoms with van der Waals surface area (Å²) in [5, 5.41) is 12.4. The minimum absolute atomic E-state index is 0.0834. The fourth-order valence-corrected chi connectivity index (χ4v) is 5.00. The molecule has 0 saturated carbocycles. The van der Waals surface area contributed by atoms with E-state index in [2.05, 4.69) is 26.2 Å². The van der Waals surface area contributed by atoms with Gasteiger partial charge in [0.05, 0.1) is 27.4 Å². The largest absolute Gasteiger partial charge is 0.481 e. The lowest BCUT2D eigenvalue weighted by Crippen LogP contribution is -2.30. The molecule has 1 unspecified atom stereocenters. The molecule has 4 aromatic rings. The molecule has 5 nitrogen and oxygen atoms in total. The van der Waals surface area contributed by atoms with Crippen LogP contribution in [-0.4, -0.2) is 28.5 Å². The summed E-state index contributed by atoms with van der Waals surface area (Å²) in [7, 11) is 0. The number of halogens is 5. The predicted molar refractivity (Wildman–Crippen MR) is 143 cm³/mol. The minimum Gasteiger partial charge on any atom is -0.481 e. The summed E-state index contributed by atoms with van der Waals surface area (Å²) >= 11 is 10.1. The van der Waals surface area contributed by atoms with Gasteiger partial charge in [0.2, 0.25) is 0 Å². The number of benzene rings is 3. The molecule has 0 fully saturated rings. The van der Waals surface area contributed by atoms with Crippen LogP contribution in [0.4, 0.5) is 13.2 Å². The first-order chi connectivity index (χ1) is 18.1. The van der Waals surface area contributed by atoms with E-state index >= 15 is 0 Å². The standard InChI is InChI=1S/C28H21BrClF3N2O3/c29-18-11-12-22-20(14-18)24(25(30)26(35-22)16-6-2-1-3-7-16)27(38)34-15-17(10-13-23(36)37)19-8-4-5-9-21(19)28(31,32)33/h1-9,11-12,14,17H,10,13,15H2,(H,34,38)(H,36,37). The van der Waals surface area contributed by atoms with Gasteiger partial charge in [0.25, 0.3) is 5.91 Å². The minimum atomic E-state index is -4.64. The number of carbonyl (C=O) groups excluding carboxylic acids is 1. The highest BCUT2D eigenvalue weighted by Crippen LogP contribution is 2.37. The number of hydrogen-bond donors (Lipinski definition) is 2. The Labute approximate surface area is 229 Å². The molecular weight excluding hydrogens is 585 g/mol. The van der Waals surface area contributed by atoms with Crippen LogP contribution in [0, 0.1) is 0 Å². The van der Waals surface area contributed by atoms with Crippen LogP contribution in [0.1, 0.15) is 40.2 Å². The number of alkyl halides is 3. The molecule has 0 aliphatic rings. The van der Waals surface area contributed by atoms with E-state index in [-0.39, 0.29) is 35.5 Å². The third kappa shape index (κ3) is 6.16. The van der Waals surface area contributed by atoms with Gasteiger partial charge in [0.1, 0.15) is 0 Å². The van der Waals surface area contributed by atoms with Crippen LogP contribution in [0.25, 0.3) is 22.2 Å². The van der Waals surface area contributed by atoms with Crippen molar-refractivity contribution < 1.29 is 27.9 Å². The van der Waals surface area contributed by atoms with Gasteiger partial charge in [-0.2, -0.15) is 13.2 Å². The molecule has 1 heterocycles. The van der Waals surface area contributed by atoms with E-state index in [4.69, 9.17) is 11.6 Å². The summed E-state index contributed by atoms with van der Waals surface area (Å²) in [6.07, 6.45) is -5.10. The molecule has 4 rings (SSSR count). The maximum Gasteiger partial charge on any atom is 0.416 e. The average molecular weight is 606 g/mol. The number of fused-ring (bicyclic) bond motifs is 1. The Bertz CT molecular complexity index is 1500. The number of hydrogen-bond acceptors (Lipinski definition) is 3. The molecule has 0 bridgehead atoms. The Hall–Kier alpha value is -3.43. The Kier molecular flexibility index (Phi) is 8.38. The molecule has 196 valence electrons. The van der Waals surface area contributed by atoms with E-state index in [9.17, 15) is 27.9 Å². The number of aliphatic carboxylic acids is 1. The number of aromatic nitrogens is 1. The summed E-state index contributed by atoms with van der Waals surface area (Å²) in [5.74, 6) is -2.66. The third-order valence-electron chi connectivity index (χ3n) is 6.08. The fraction of sp³-hybridized carbons (Fsp3) is 0.179. The number of rotatable bonds is 8. The van der Waals surface area contributed by atoms with Crippen molar-refractivity contribution in [3.05, 3.63) is 99.0 Å². The Balaban J connectivity index is 1.74. The third-order valence-corrected chi connectivity index (χ3v) is 6.94. The zero-order valence-corrected chi connectivity index (χ0v) is 22.1.